The van der Waals surface area contributed by atoms with Gasteiger partial charge in [-0.15, -0.1) is 5.10 Å². The number of halogens is 1. The van der Waals surface area contributed by atoms with Gasteiger partial charge in [0.1, 0.15) is 5.82 Å². The normalized spacial score (nSPS) is 21.3. The molecule has 8 heteroatoms. The summed E-state index contributed by atoms with van der Waals surface area (Å²) in [7, 11) is 0. The average Bonchev–Trinajstić information content (AvgIpc) is 3.42. The number of piperidine rings is 1. The Morgan fingerprint density at radius 1 is 1.17 bits per heavy atom. The third-order valence-electron chi connectivity index (χ3n) is 5.64. The molecule has 156 valence electrons. The summed E-state index contributed by atoms with van der Waals surface area (Å²) in [5, 5.41) is 15.5. The second kappa shape index (κ2) is 7.52. The molecule has 1 fully saturated rings. The molecular weight excluding hydrogens is 403 g/mol. The molecule has 1 aliphatic heterocycles. The molecule has 1 N–H and O–H groups in total. The second-order valence-corrected chi connectivity index (χ2v) is 9.26. The highest BCUT2D eigenvalue weighted by atomic mass is 32.1. The maximum absolute atomic E-state index is 13.6. The first-order chi connectivity index (χ1) is 14.5. The first kappa shape index (κ1) is 19.3. The van der Waals surface area contributed by atoms with Crippen molar-refractivity contribution in [2.45, 2.75) is 26.3 Å². The molecule has 1 aliphatic rings. The van der Waals surface area contributed by atoms with Crippen molar-refractivity contribution in [3.05, 3.63) is 58.9 Å². The predicted octanol–water partition coefficient (Wildman–Crippen LogP) is 4.96. The van der Waals surface area contributed by atoms with Crippen molar-refractivity contribution in [3.8, 4) is 17.5 Å². The lowest BCUT2D eigenvalue weighted by molar-refractivity contribution is 0.112. The Balaban J connectivity index is 1.60. The summed E-state index contributed by atoms with van der Waals surface area (Å²) in [5.41, 5.74) is 0.948. The minimum absolute atomic E-state index is 0.0699. The molecule has 3 atom stereocenters. The van der Waals surface area contributed by atoms with Gasteiger partial charge < -0.3 is 9.52 Å². The maximum atomic E-state index is 13.6. The van der Waals surface area contributed by atoms with E-state index in [0.717, 1.165) is 23.5 Å². The van der Waals surface area contributed by atoms with Gasteiger partial charge in [0, 0.05) is 13.1 Å². The molecule has 5 rings (SSSR count). The van der Waals surface area contributed by atoms with Gasteiger partial charge in [0.15, 0.2) is 5.76 Å². The summed E-state index contributed by atoms with van der Waals surface area (Å²) in [6.07, 6.45) is 2.75. The van der Waals surface area contributed by atoms with Crippen LogP contribution in [-0.4, -0.2) is 37.7 Å². The first-order valence-electron chi connectivity index (χ1n) is 10.1. The Morgan fingerprint density at radius 3 is 2.53 bits per heavy atom. The van der Waals surface area contributed by atoms with Gasteiger partial charge in [-0.25, -0.2) is 4.39 Å². The fourth-order valence-corrected chi connectivity index (χ4v) is 5.65. The van der Waals surface area contributed by atoms with Crippen molar-refractivity contribution in [3.63, 3.8) is 0 Å². The number of rotatable bonds is 4. The van der Waals surface area contributed by atoms with E-state index in [9.17, 15) is 9.50 Å². The number of aromatic hydroxyl groups is 1. The first-order valence-corrected chi connectivity index (χ1v) is 10.9. The molecule has 30 heavy (non-hydrogen) atoms. The standard InChI is InChI=1S/C22H23FN4O2S/c1-13-10-14(2)12-26(11-13)18(15-5-7-16(23)8-6-15)19-21(28)27-22(30-19)24-20(25-27)17-4-3-9-29-17/h3-9,13-14,18,28H,10-12H2,1-2H3/t13-,14-,18+/m1/s1. The van der Waals surface area contributed by atoms with Gasteiger partial charge in [0.25, 0.3) is 0 Å². The minimum Gasteiger partial charge on any atom is -0.492 e. The molecule has 1 saturated heterocycles. The molecule has 0 bridgehead atoms. The zero-order valence-electron chi connectivity index (χ0n) is 16.8. The van der Waals surface area contributed by atoms with E-state index in [0.29, 0.717) is 28.4 Å². The average molecular weight is 427 g/mol. The quantitative estimate of drug-likeness (QED) is 0.499. The van der Waals surface area contributed by atoms with Gasteiger partial charge in [-0.2, -0.15) is 9.50 Å². The summed E-state index contributed by atoms with van der Waals surface area (Å²) in [6.45, 7) is 6.33. The van der Waals surface area contributed by atoms with Crippen LogP contribution in [-0.2, 0) is 0 Å². The molecule has 0 aliphatic carbocycles. The summed E-state index contributed by atoms with van der Waals surface area (Å²) in [5.74, 6) is 1.89. The van der Waals surface area contributed by atoms with Crippen LogP contribution in [0.1, 0.15) is 36.8 Å². The zero-order valence-corrected chi connectivity index (χ0v) is 17.6. The van der Waals surface area contributed by atoms with E-state index in [-0.39, 0.29) is 17.7 Å². The fourth-order valence-electron chi connectivity index (χ4n) is 4.53. The molecule has 1 aromatic carbocycles. The lowest BCUT2D eigenvalue weighted by atomic mass is 9.89. The molecule has 0 unspecified atom stereocenters. The van der Waals surface area contributed by atoms with Crippen LogP contribution < -0.4 is 0 Å². The highest BCUT2D eigenvalue weighted by Crippen LogP contribution is 2.42. The molecule has 6 nitrogen and oxygen atoms in total. The molecule has 0 saturated carbocycles. The smallest absolute Gasteiger partial charge is 0.230 e. The predicted molar refractivity (Wildman–Crippen MR) is 113 cm³/mol. The van der Waals surface area contributed by atoms with Gasteiger partial charge in [0.05, 0.1) is 17.2 Å². The highest BCUT2D eigenvalue weighted by molar-refractivity contribution is 7.17. The number of nitrogens with zero attached hydrogens (tertiary/aromatic N) is 4. The molecule has 4 heterocycles. The van der Waals surface area contributed by atoms with E-state index in [1.165, 1.54) is 34.4 Å². The van der Waals surface area contributed by atoms with Gasteiger partial charge >= 0.3 is 0 Å². The van der Waals surface area contributed by atoms with E-state index in [1.807, 2.05) is 0 Å². The zero-order chi connectivity index (χ0) is 20.8. The maximum Gasteiger partial charge on any atom is 0.230 e. The number of benzene rings is 1. The van der Waals surface area contributed by atoms with Crippen molar-refractivity contribution in [1.82, 2.24) is 19.5 Å². The fraction of sp³-hybridized carbons (Fsp3) is 0.364. The highest BCUT2D eigenvalue weighted by Gasteiger charge is 2.33. The molecule has 0 spiro atoms. The monoisotopic (exact) mass is 426 g/mol. The van der Waals surface area contributed by atoms with Crippen molar-refractivity contribution in [1.29, 1.82) is 0 Å². The number of furan rings is 1. The third kappa shape index (κ3) is 3.40. The number of hydrogen-bond donors (Lipinski definition) is 1. The minimum atomic E-state index is -0.271. The van der Waals surface area contributed by atoms with Gasteiger partial charge in [-0.3, -0.25) is 4.90 Å². The Morgan fingerprint density at radius 2 is 1.90 bits per heavy atom. The van der Waals surface area contributed by atoms with Crippen molar-refractivity contribution in [2.75, 3.05) is 13.1 Å². The summed E-state index contributed by atoms with van der Waals surface area (Å²) < 4.78 is 20.4. The van der Waals surface area contributed by atoms with Crippen LogP contribution in [0.4, 0.5) is 4.39 Å². The number of fused-ring (bicyclic) bond motifs is 1. The van der Waals surface area contributed by atoms with Crippen LogP contribution >= 0.6 is 11.3 Å². The van der Waals surface area contributed by atoms with E-state index >= 15 is 0 Å². The molecule has 3 aromatic heterocycles. The van der Waals surface area contributed by atoms with Crippen molar-refractivity contribution in [2.24, 2.45) is 11.8 Å². The largest absolute Gasteiger partial charge is 0.492 e. The molecule has 4 aromatic rings. The second-order valence-electron chi connectivity index (χ2n) is 8.25. The number of hydrogen-bond acceptors (Lipinski definition) is 6. The topological polar surface area (TPSA) is 66.8 Å². The third-order valence-corrected chi connectivity index (χ3v) is 6.71. The Bertz CT molecular complexity index is 1140. The van der Waals surface area contributed by atoms with Crippen molar-refractivity contribution < 1.29 is 13.9 Å². The van der Waals surface area contributed by atoms with E-state index in [4.69, 9.17) is 4.42 Å². The van der Waals surface area contributed by atoms with Crippen LogP contribution in [0.15, 0.2) is 47.1 Å². The summed E-state index contributed by atoms with van der Waals surface area (Å²) >= 11 is 1.41. The van der Waals surface area contributed by atoms with Crippen LogP contribution in [0.5, 0.6) is 5.88 Å². The van der Waals surface area contributed by atoms with Crippen LogP contribution in [0.25, 0.3) is 16.5 Å². The van der Waals surface area contributed by atoms with E-state index < -0.39 is 0 Å². The lowest BCUT2D eigenvalue weighted by Gasteiger charge is -2.40. The molecule has 0 amide bonds. The Kier molecular flexibility index (Phi) is 4.83. The molecular formula is C22H23FN4O2S. The molecule has 0 radical (unpaired) electrons. The van der Waals surface area contributed by atoms with Gasteiger partial charge in [-0.05, 0) is 48.1 Å². The number of thiazole rings is 1. The van der Waals surface area contributed by atoms with E-state index in [1.54, 1.807) is 30.5 Å². The Labute approximate surface area is 177 Å². The summed E-state index contributed by atoms with van der Waals surface area (Å²) in [6, 6.07) is 9.93. The summed E-state index contributed by atoms with van der Waals surface area (Å²) in [4.78, 5) is 8.28. The van der Waals surface area contributed by atoms with Crippen LogP contribution in [0.3, 0.4) is 0 Å². The van der Waals surface area contributed by atoms with Crippen LogP contribution in [0, 0.1) is 17.7 Å². The van der Waals surface area contributed by atoms with Gasteiger partial charge in [-0.1, -0.05) is 37.3 Å². The Hall–Kier alpha value is -2.71. The van der Waals surface area contributed by atoms with Crippen molar-refractivity contribution >= 4 is 16.3 Å². The van der Waals surface area contributed by atoms with E-state index in [2.05, 4.69) is 28.8 Å². The lowest BCUT2D eigenvalue weighted by Crippen LogP contribution is -2.41. The van der Waals surface area contributed by atoms with Crippen LogP contribution in [0.2, 0.25) is 0 Å². The SMILES string of the molecule is C[C@@H]1C[C@@H](C)CN([C@@H](c2ccc(F)cc2)c2sc3nc(-c4ccco4)nn3c2O)C1. The van der Waals surface area contributed by atoms with Gasteiger partial charge in [0.2, 0.25) is 16.7 Å². The number of likely N-dealkylation sites (tertiary alicyclic amines) is 1. The number of aromatic nitrogens is 3.